The molecule has 8 nitrogen and oxygen atoms in total. The Morgan fingerprint density at radius 3 is 2.93 bits per heavy atom. The first-order chi connectivity index (χ1) is 13.8. The number of hydrogen-bond acceptors (Lipinski definition) is 7. The van der Waals surface area contributed by atoms with Crippen LogP contribution in [0.3, 0.4) is 0 Å². The van der Waals surface area contributed by atoms with Crippen LogP contribution < -0.4 is 5.32 Å². The second-order valence-corrected chi connectivity index (χ2v) is 7.37. The third kappa shape index (κ3) is 4.60. The maximum Gasteiger partial charge on any atom is 0.230 e. The molecule has 1 fully saturated rings. The normalized spacial score (nSPS) is 16.4. The van der Waals surface area contributed by atoms with E-state index < -0.39 is 0 Å². The molecule has 0 radical (unpaired) electrons. The zero-order valence-electron chi connectivity index (χ0n) is 15.3. The van der Waals surface area contributed by atoms with E-state index in [1.54, 1.807) is 24.7 Å². The molecule has 4 rings (SSSR count). The van der Waals surface area contributed by atoms with Crippen LogP contribution in [0.4, 0.5) is 0 Å². The number of hydrogen-bond donors (Lipinski definition) is 1. The number of furan rings is 1. The van der Waals surface area contributed by atoms with Gasteiger partial charge in [0.2, 0.25) is 5.91 Å². The third-order valence-electron chi connectivity index (χ3n) is 4.44. The molecule has 1 N–H and O–H groups in total. The molecule has 4 heterocycles. The van der Waals surface area contributed by atoms with Gasteiger partial charge >= 0.3 is 0 Å². The van der Waals surface area contributed by atoms with Crippen LogP contribution in [0.15, 0.2) is 52.5 Å². The Balaban J connectivity index is 1.44. The molecule has 0 bridgehead atoms. The van der Waals surface area contributed by atoms with Crippen molar-refractivity contribution >= 4 is 17.7 Å². The quantitative estimate of drug-likeness (QED) is 0.582. The summed E-state index contributed by atoms with van der Waals surface area (Å²) in [4.78, 5) is 16.2. The van der Waals surface area contributed by atoms with Crippen LogP contribution in [0.2, 0.25) is 0 Å². The number of amides is 1. The Bertz CT molecular complexity index is 892. The van der Waals surface area contributed by atoms with E-state index in [1.807, 2.05) is 22.8 Å². The summed E-state index contributed by atoms with van der Waals surface area (Å²) in [7, 11) is 0. The molecule has 1 aliphatic heterocycles. The predicted octanol–water partition coefficient (Wildman–Crippen LogP) is 2.52. The average Bonchev–Trinajstić information content (AvgIpc) is 3.48. The molecule has 0 spiro atoms. The van der Waals surface area contributed by atoms with E-state index >= 15 is 0 Å². The Morgan fingerprint density at radius 1 is 1.29 bits per heavy atom. The minimum atomic E-state index is -0.0847. The highest BCUT2D eigenvalue weighted by Gasteiger charge is 2.22. The number of carbonyl (C=O) groups excluding carboxylic acids is 1. The average molecular weight is 399 g/mol. The van der Waals surface area contributed by atoms with E-state index in [4.69, 9.17) is 9.15 Å². The predicted molar refractivity (Wildman–Crippen MR) is 104 cm³/mol. The summed E-state index contributed by atoms with van der Waals surface area (Å²) in [5, 5.41) is 12.2. The molecule has 0 aromatic carbocycles. The maximum atomic E-state index is 12.2. The van der Waals surface area contributed by atoms with Crippen LogP contribution in [-0.4, -0.2) is 44.1 Å². The minimum absolute atomic E-state index is 0.0847. The van der Waals surface area contributed by atoms with Crippen LogP contribution in [0, 0.1) is 0 Å². The van der Waals surface area contributed by atoms with Gasteiger partial charge in [0.15, 0.2) is 11.0 Å². The molecule has 3 aromatic heterocycles. The van der Waals surface area contributed by atoms with Crippen LogP contribution in [0.1, 0.15) is 18.6 Å². The highest BCUT2D eigenvalue weighted by molar-refractivity contribution is 7.99. The fourth-order valence-corrected chi connectivity index (χ4v) is 3.82. The third-order valence-corrected chi connectivity index (χ3v) is 5.40. The largest absolute Gasteiger partial charge is 0.467 e. The number of nitrogens with zero attached hydrogens (tertiary/aromatic N) is 4. The van der Waals surface area contributed by atoms with Gasteiger partial charge in [0.05, 0.1) is 31.2 Å². The van der Waals surface area contributed by atoms with Crippen molar-refractivity contribution in [3.8, 4) is 11.4 Å². The number of ether oxygens (including phenoxy) is 1. The molecular formula is C19H21N5O3S. The van der Waals surface area contributed by atoms with E-state index in [0.717, 1.165) is 36.6 Å². The summed E-state index contributed by atoms with van der Waals surface area (Å²) in [5.74, 6) is 1.65. The molecule has 9 heteroatoms. The van der Waals surface area contributed by atoms with Crippen molar-refractivity contribution < 1.29 is 13.9 Å². The maximum absolute atomic E-state index is 12.2. The van der Waals surface area contributed by atoms with E-state index in [0.29, 0.717) is 18.2 Å². The second-order valence-electron chi connectivity index (χ2n) is 6.43. The summed E-state index contributed by atoms with van der Waals surface area (Å²) in [6.45, 7) is 1.83. The molecular weight excluding hydrogens is 378 g/mol. The topological polar surface area (TPSA) is 95.1 Å². The van der Waals surface area contributed by atoms with Gasteiger partial charge in [0, 0.05) is 24.6 Å². The summed E-state index contributed by atoms with van der Waals surface area (Å²) >= 11 is 1.37. The first-order valence-electron chi connectivity index (χ1n) is 9.16. The summed E-state index contributed by atoms with van der Waals surface area (Å²) < 4.78 is 13.1. The number of thioether (sulfide) groups is 1. The molecule has 3 aromatic rings. The Labute approximate surface area is 166 Å². The highest BCUT2D eigenvalue weighted by Crippen LogP contribution is 2.26. The summed E-state index contributed by atoms with van der Waals surface area (Å²) in [5.41, 5.74) is 0.939. The van der Waals surface area contributed by atoms with Gasteiger partial charge in [0.1, 0.15) is 5.76 Å². The number of pyridine rings is 1. The van der Waals surface area contributed by atoms with Gasteiger partial charge in [-0.3, -0.25) is 14.3 Å². The molecule has 146 valence electrons. The minimum Gasteiger partial charge on any atom is -0.467 e. The molecule has 0 saturated carbocycles. The summed E-state index contributed by atoms with van der Waals surface area (Å²) in [6.07, 6.45) is 7.27. The lowest BCUT2D eigenvalue weighted by Crippen LogP contribution is -2.24. The first-order valence-corrected chi connectivity index (χ1v) is 10.2. The lowest BCUT2D eigenvalue weighted by Gasteiger charge is -2.14. The second kappa shape index (κ2) is 9.03. The van der Waals surface area contributed by atoms with E-state index in [2.05, 4.69) is 20.5 Å². The van der Waals surface area contributed by atoms with Gasteiger partial charge in [-0.2, -0.15) is 0 Å². The molecule has 1 saturated heterocycles. The van der Waals surface area contributed by atoms with Gasteiger partial charge in [0.25, 0.3) is 0 Å². The molecule has 1 amide bonds. The SMILES string of the molecule is O=C(CSc1nnc(-c2ccncc2)n1C[C@H]1CCCO1)NCc1ccco1. The Hall–Kier alpha value is -2.65. The molecule has 1 atom stereocenters. The standard InChI is InChI=1S/C19H21N5O3S/c25-17(21-11-15-3-1-9-26-15)13-28-19-23-22-18(14-5-7-20-8-6-14)24(19)12-16-4-2-10-27-16/h1,3,5-9,16H,2,4,10-13H2,(H,21,25)/t16-/m1/s1. The number of carbonyl (C=O) groups is 1. The van der Waals surface area contributed by atoms with Gasteiger partial charge in [-0.1, -0.05) is 11.8 Å². The monoisotopic (exact) mass is 399 g/mol. The summed E-state index contributed by atoms with van der Waals surface area (Å²) in [6, 6.07) is 7.43. The van der Waals surface area contributed by atoms with Crippen LogP contribution in [-0.2, 0) is 22.6 Å². The van der Waals surface area contributed by atoms with E-state index in [-0.39, 0.29) is 17.8 Å². The van der Waals surface area contributed by atoms with Crippen molar-refractivity contribution in [3.05, 3.63) is 48.7 Å². The van der Waals surface area contributed by atoms with Gasteiger partial charge in [-0.25, -0.2) is 0 Å². The van der Waals surface area contributed by atoms with Crippen molar-refractivity contribution in [3.63, 3.8) is 0 Å². The first kappa shape index (κ1) is 18.7. The highest BCUT2D eigenvalue weighted by atomic mass is 32.2. The fraction of sp³-hybridized carbons (Fsp3) is 0.368. The number of aromatic nitrogens is 4. The smallest absolute Gasteiger partial charge is 0.230 e. The zero-order valence-corrected chi connectivity index (χ0v) is 16.1. The van der Waals surface area contributed by atoms with Crippen molar-refractivity contribution in [2.24, 2.45) is 0 Å². The van der Waals surface area contributed by atoms with Crippen LogP contribution in [0.5, 0.6) is 0 Å². The van der Waals surface area contributed by atoms with Crippen molar-refractivity contribution in [2.45, 2.75) is 37.2 Å². The van der Waals surface area contributed by atoms with Crippen molar-refractivity contribution in [1.29, 1.82) is 0 Å². The van der Waals surface area contributed by atoms with Crippen LogP contribution in [0.25, 0.3) is 11.4 Å². The molecule has 0 unspecified atom stereocenters. The van der Waals surface area contributed by atoms with Crippen molar-refractivity contribution in [1.82, 2.24) is 25.1 Å². The van der Waals surface area contributed by atoms with Gasteiger partial charge in [-0.15, -0.1) is 10.2 Å². The van der Waals surface area contributed by atoms with Crippen LogP contribution >= 0.6 is 11.8 Å². The molecule has 28 heavy (non-hydrogen) atoms. The molecule has 1 aliphatic rings. The van der Waals surface area contributed by atoms with E-state index in [1.165, 1.54) is 11.8 Å². The fourth-order valence-electron chi connectivity index (χ4n) is 3.05. The number of nitrogens with one attached hydrogen (secondary N) is 1. The van der Waals surface area contributed by atoms with E-state index in [9.17, 15) is 4.79 Å². The Morgan fingerprint density at radius 2 is 2.18 bits per heavy atom. The Kier molecular flexibility index (Phi) is 6.03. The van der Waals surface area contributed by atoms with Crippen molar-refractivity contribution in [2.75, 3.05) is 12.4 Å². The van der Waals surface area contributed by atoms with Gasteiger partial charge < -0.3 is 14.5 Å². The molecule has 0 aliphatic carbocycles. The lowest BCUT2D eigenvalue weighted by molar-refractivity contribution is -0.118. The van der Waals surface area contributed by atoms with Gasteiger partial charge in [-0.05, 0) is 37.1 Å². The number of rotatable bonds is 8. The lowest BCUT2D eigenvalue weighted by atomic mass is 10.2. The zero-order chi connectivity index (χ0) is 19.2.